The molecule has 0 spiro atoms. The van der Waals surface area contributed by atoms with Gasteiger partial charge in [-0.25, -0.2) is 0 Å². The van der Waals surface area contributed by atoms with Crippen molar-refractivity contribution in [3.05, 3.63) is 0 Å². The molecule has 16 heteroatoms. The molecule has 42 heavy (non-hydrogen) atoms. The summed E-state index contributed by atoms with van der Waals surface area (Å²) in [6.45, 7) is 6.79. The van der Waals surface area contributed by atoms with Crippen LogP contribution in [0.25, 0.3) is 0 Å². The quantitative estimate of drug-likeness (QED) is 0.227. The molecule has 2 heterocycles. The molecular weight excluding hydrogens is 568 g/mol. The van der Waals surface area contributed by atoms with E-state index in [0.29, 0.717) is 0 Å². The summed E-state index contributed by atoms with van der Waals surface area (Å²) in [5, 5.41) is 0. The van der Waals surface area contributed by atoms with E-state index in [9.17, 15) is 28.8 Å². The molecule has 238 valence electrons. The molecule has 0 amide bonds. The van der Waals surface area contributed by atoms with Gasteiger partial charge in [0.2, 0.25) is 0 Å². The molecular formula is C26H38O16. The summed E-state index contributed by atoms with van der Waals surface area (Å²) >= 11 is 0. The Morgan fingerprint density at radius 3 is 0.905 bits per heavy atom. The van der Waals surface area contributed by atoms with Crippen molar-refractivity contribution in [2.75, 3.05) is 14.2 Å². The van der Waals surface area contributed by atoms with Crippen LogP contribution in [0.5, 0.6) is 0 Å². The second-order valence-corrected chi connectivity index (χ2v) is 9.58. The smallest absolute Gasteiger partial charge is 0.303 e. The number of ether oxygens (including phenoxy) is 10. The van der Waals surface area contributed by atoms with Gasteiger partial charge in [-0.2, -0.15) is 0 Å². The second-order valence-electron chi connectivity index (χ2n) is 9.58. The number of carbonyl (C=O) groups excluding carboxylic acids is 6. The average Bonchev–Trinajstić information content (AvgIpc) is 2.86. The Balaban J connectivity index is 2.45. The van der Waals surface area contributed by atoms with Gasteiger partial charge in [-0.3, -0.25) is 28.8 Å². The Morgan fingerprint density at radius 1 is 0.429 bits per heavy atom. The lowest BCUT2D eigenvalue weighted by molar-refractivity contribution is -0.308. The minimum atomic E-state index is -1.32. The third-order valence-corrected chi connectivity index (χ3v) is 6.19. The average molecular weight is 607 g/mol. The molecule has 2 fully saturated rings. The van der Waals surface area contributed by atoms with Crippen molar-refractivity contribution < 1.29 is 76.1 Å². The predicted molar refractivity (Wildman–Crippen MR) is 134 cm³/mol. The van der Waals surface area contributed by atoms with Crippen molar-refractivity contribution in [2.24, 2.45) is 0 Å². The number of methoxy groups -OCH3 is 2. The summed E-state index contributed by atoms with van der Waals surface area (Å²) in [6, 6.07) is 0. The summed E-state index contributed by atoms with van der Waals surface area (Å²) in [7, 11) is 2.55. The number of esters is 6. The maximum Gasteiger partial charge on any atom is 0.303 e. The zero-order valence-electron chi connectivity index (χ0n) is 24.7. The van der Waals surface area contributed by atoms with Gasteiger partial charge in [0, 0.05) is 55.8 Å². The van der Waals surface area contributed by atoms with Crippen LogP contribution in [0, 0.1) is 0 Å². The predicted octanol–water partition coefficient (Wildman–Crippen LogP) is 0.0994. The van der Waals surface area contributed by atoms with E-state index in [1.54, 1.807) is 0 Å². The largest absolute Gasteiger partial charge is 0.456 e. The van der Waals surface area contributed by atoms with Crippen molar-refractivity contribution in [3.8, 4) is 0 Å². The highest BCUT2D eigenvalue weighted by molar-refractivity contribution is 5.69. The summed E-state index contributed by atoms with van der Waals surface area (Å²) in [5.74, 6) is -4.45. The second kappa shape index (κ2) is 15.8. The fourth-order valence-electron chi connectivity index (χ4n) is 4.88. The van der Waals surface area contributed by atoms with Crippen LogP contribution >= 0.6 is 0 Å². The van der Waals surface area contributed by atoms with Gasteiger partial charge in [-0.15, -0.1) is 0 Å². The number of hydrogen-bond donors (Lipinski definition) is 0. The van der Waals surface area contributed by atoms with Crippen molar-refractivity contribution >= 4 is 35.8 Å². The van der Waals surface area contributed by atoms with Crippen LogP contribution in [-0.2, 0) is 76.1 Å². The molecule has 2 rings (SSSR count). The fraction of sp³-hybridized carbons (Fsp3) is 0.769. The molecule has 0 radical (unpaired) electrons. The molecule has 0 N–H and O–H groups in total. The zero-order valence-corrected chi connectivity index (χ0v) is 24.7. The van der Waals surface area contributed by atoms with Gasteiger partial charge in [0.25, 0.3) is 0 Å². The van der Waals surface area contributed by atoms with E-state index >= 15 is 0 Å². The number of hydrogen-bond acceptors (Lipinski definition) is 16. The Labute approximate surface area is 242 Å². The molecule has 2 saturated heterocycles. The highest BCUT2D eigenvalue weighted by Gasteiger charge is 2.54. The Morgan fingerprint density at radius 2 is 0.667 bits per heavy atom. The van der Waals surface area contributed by atoms with Crippen molar-refractivity contribution in [3.63, 3.8) is 0 Å². The first-order valence-electron chi connectivity index (χ1n) is 13.1. The van der Waals surface area contributed by atoms with Crippen molar-refractivity contribution in [2.45, 2.75) is 116 Å². The fourth-order valence-corrected chi connectivity index (χ4v) is 4.88. The Bertz CT molecular complexity index is 919. The van der Waals surface area contributed by atoms with Gasteiger partial charge < -0.3 is 47.4 Å². The summed E-state index contributed by atoms with van der Waals surface area (Å²) in [4.78, 5) is 71.7. The topological polar surface area (TPSA) is 195 Å². The number of carbonyl (C=O) groups is 6. The number of rotatable bonds is 11. The maximum absolute atomic E-state index is 12.1. The van der Waals surface area contributed by atoms with Gasteiger partial charge >= 0.3 is 35.8 Å². The molecule has 2 aliphatic heterocycles. The van der Waals surface area contributed by atoms with E-state index in [-0.39, 0.29) is 12.8 Å². The molecule has 16 nitrogen and oxygen atoms in total. The van der Waals surface area contributed by atoms with Crippen LogP contribution in [0.4, 0.5) is 0 Å². The van der Waals surface area contributed by atoms with Crippen LogP contribution in [0.2, 0.25) is 0 Å². The molecule has 0 aliphatic carbocycles. The molecule has 0 unspecified atom stereocenters. The Hall–Kier alpha value is -3.34. The van der Waals surface area contributed by atoms with E-state index in [0.717, 1.165) is 41.5 Å². The van der Waals surface area contributed by atoms with Crippen LogP contribution in [0.15, 0.2) is 0 Å². The normalized spacial score (nSPS) is 32.6. The van der Waals surface area contributed by atoms with E-state index < -0.39 is 97.2 Å². The molecule has 10 atom stereocenters. The third kappa shape index (κ3) is 9.61. The van der Waals surface area contributed by atoms with Gasteiger partial charge in [0.15, 0.2) is 49.2 Å². The summed E-state index contributed by atoms with van der Waals surface area (Å²) in [6.07, 6.45) is -12.3. The minimum Gasteiger partial charge on any atom is -0.456 e. The van der Waals surface area contributed by atoms with Crippen molar-refractivity contribution in [1.29, 1.82) is 0 Å². The van der Waals surface area contributed by atoms with Crippen molar-refractivity contribution in [1.82, 2.24) is 0 Å². The van der Waals surface area contributed by atoms with Crippen LogP contribution < -0.4 is 0 Å². The third-order valence-electron chi connectivity index (χ3n) is 6.19. The lowest BCUT2D eigenvalue weighted by Gasteiger charge is -2.46. The SMILES string of the molecule is CO[C@@H]1O[C@@H](CC[C@H]2O[C@H](OC)[C@H](OC(C)=O)[C@@H](OC(C)=O)[C@@H]2OC(C)=O)[C@H](OC(C)=O)[C@@H](OC(C)=O)[C@H]1OC(C)=O. The highest BCUT2D eigenvalue weighted by Crippen LogP contribution is 2.35. The Kier molecular flexibility index (Phi) is 13.1. The minimum absolute atomic E-state index is 0.00769. The lowest BCUT2D eigenvalue weighted by atomic mass is 9.90. The van der Waals surface area contributed by atoms with Gasteiger partial charge in [-0.05, 0) is 12.8 Å². The van der Waals surface area contributed by atoms with E-state index in [1.807, 2.05) is 0 Å². The van der Waals surface area contributed by atoms with E-state index in [1.165, 1.54) is 14.2 Å². The monoisotopic (exact) mass is 606 g/mol. The lowest BCUT2D eigenvalue weighted by Crippen LogP contribution is -2.63. The standard InChI is InChI=1S/C26H38O16/c1-11(27)35-19-17(41-25(33-7)23(39-15(5)31)21(19)37-13(3)29)9-10-18-20(36-12(2)28)22(38-14(4)30)24(40-16(6)32)26(34-8)42-18/h17-26H,9-10H2,1-8H3/t17-,18+,19-,20+,21+,22-,23-,24-,25+,26-/m1/s1. The van der Waals surface area contributed by atoms with Gasteiger partial charge in [-0.1, -0.05) is 0 Å². The molecule has 2 aliphatic rings. The molecule has 0 bridgehead atoms. The molecule has 0 aromatic heterocycles. The maximum atomic E-state index is 12.1. The summed E-state index contributed by atoms with van der Waals surface area (Å²) in [5.41, 5.74) is 0. The van der Waals surface area contributed by atoms with Crippen LogP contribution in [0.3, 0.4) is 0 Å². The zero-order chi connectivity index (χ0) is 31.7. The first-order valence-corrected chi connectivity index (χ1v) is 13.1. The van der Waals surface area contributed by atoms with Gasteiger partial charge in [0.1, 0.15) is 12.2 Å². The summed E-state index contributed by atoms with van der Waals surface area (Å²) < 4.78 is 55.0. The molecule has 0 aromatic rings. The van der Waals surface area contributed by atoms with E-state index in [2.05, 4.69) is 0 Å². The van der Waals surface area contributed by atoms with Gasteiger partial charge in [0.05, 0.1) is 0 Å². The highest BCUT2D eigenvalue weighted by atomic mass is 16.7. The van der Waals surface area contributed by atoms with Crippen LogP contribution in [-0.4, -0.2) is 111 Å². The molecule has 0 saturated carbocycles. The first-order chi connectivity index (χ1) is 19.7. The molecule has 0 aromatic carbocycles. The van der Waals surface area contributed by atoms with Crippen LogP contribution in [0.1, 0.15) is 54.4 Å². The van der Waals surface area contributed by atoms with E-state index in [4.69, 9.17) is 47.4 Å². The first kappa shape index (κ1) is 34.9.